The minimum Gasteiger partial charge on any atom is -0.491 e. The molecule has 1 amide bonds. The molecule has 0 fully saturated rings. The maximum Gasteiger partial charge on any atom is 0.224 e. The van der Waals surface area contributed by atoms with Crippen molar-refractivity contribution in [3.63, 3.8) is 0 Å². The Bertz CT molecular complexity index is 644. The number of nitrogens with two attached hydrogens (primary N) is 1. The number of amides is 1. The summed E-state index contributed by atoms with van der Waals surface area (Å²) in [5.74, 6) is 0.790. The number of carbonyl (C=O) groups excluding carboxylic acids is 1. The number of benzene rings is 2. The predicted octanol–water partition coefficient (Wildman–Crippen LogP) is 4.44. The highest BCUT2D eigenvalue weighted by molar-refractivity contribution is 5.90. The molecule has 0 saturated carbocycles. The van der Waals surface area contributed by atoms with Crippen molar-refractivity contribution in [2.45, 2.75) is 39.2 Å². The average molecular weight is 349 g/mol. The molecule has 0 heterocycles. The Hall–Kier alpha value is -2.20. The molecule has 0 aromatic heterocycles. The molecule has 0 bridgehead atoms. The highest BCUT2D eigenvalue weighted by Crippen LogP contribution is 2.18. The van der Waals surface area contributed by atoms with Gasteiger partial charge in [-0.25, -0.2) is 0 Å². The molecule has 5 heteroatoms. The van der Waals surface area contributed by atoms with Crippen molar-refractivity contribution in [2.24, 2.45) is 0 Å². The fourth-order valence-corrected chi connectivity index (χ4v) is 2.17. The average Bonchev–Trinajstić information content (AvgIpc) is 2.56. The molecule has 1 atom stereocenters. The molecule has 24 heavy (non-hydrogen) atoms. The molecule has 0 radical (unpaired) electrons. The second-order valence-electron chi connectivity index (χ2n) is 5.61. The molecule has 2 rings (SSSR count). The van der Waals surface area contributed by atoms with Gasteiger partial charge in [0.25, 0.3) is 0 Å². The molecule has 4 nitrogen and oxygen atoms in total. The molecule has 0 saturated heterocycles. The Morgan fingerprint density at radius 1 is 1.17 bits per heavy atom. The normalized spacial score (nSPS) is 11.2. The zero-order valence-electron chi connectivity index (χ0n) is 14.1. The van der Waals surface area contributed by atoms with Crippen molar-refractivity contribution < 1.29 is 9.53 Å². The number of nitrogen functional groups attached to an aromatic ring is 1. The highest BCUT2D eigenvalue weighted by Gasteiger charge is 2.06. The van der Waals surface area contributed by atoms with Crippen LogP contribution in [0.4, 0.5) is 11.4 Å². The van der Waals surface area contributed by atoms with E-state index in [1.54, 1.807) is 0 Å². The SMILES string of the molecule is CCC(C)Oc1ccc(NC(=O)CCc2ccccc2N)cc1.Cl. The standard InChI is InChI=1S/C19H24N2O2.ClH/c1-3-14(2)23-17-11-9-16(10-12-17)21-19(22)13-8-15-6-4-5-7-18(15)20;/h4-7,9-12,14H,3,8,13,20H2,1-2H3,(H,21,22);1H. The van der Waals surface area contributed by atoms with E-state index in [0.29, 0.717) is 12.8 Å². The number of ether oxygens (including phenoxy) is 1. The van der Waals surface area contributed by atoms with Gasteiger partial charge in [0.15, 0.2) is 0 Å². The minimum absolute atomic E-state index is 0. The van der Waals surface area contributed by atoms with Crippen molar-refractivity contribution in [3.8, 4) is 5.75 Å². The third-order valence-electron chi connectivity index (χ3n) is 3.73. The summed E-state index contributed by atoms with van der Waals surface area (Å²) in [7, 11) is 0. The number of aryl methyl sites for hydroxylation is 1. The van der Waals surface area contributed by atoms with Crippen LogP contribution in [0.15, 0.2) is 48.5 Å². The highest BCUT2D eigenvalue weighted by atomic mass is 35.5. The van der Waals surface area contributed by atoms with Crippen LogP contribution >= 0.6 is 12.4 Å². The van der Waals surface area contributed by atoms with Gasteiger partial charge in [0, 0.05) is 17.8 Å². The van der Waals surface area contributed by atoms with Crippen LogP contribution in [0.1, 0.15) is 32.3 Å². The predicted molar refractivity (Wildman–Crippen MR) is 102 cm³/mol. The third kappa shape index (κ3) is 6.13. The molecular weight excluding hydrogens is 324 g/mol. The Labute approximate surface area is 149 Å². The van der Waals surface area contributed by atoms with Crippen molar-refractivity contribution in [2.75, 3.05) is 11.1 Å². The molecule has 0 aliphatic rings. The summed E-state index contributed by atoms with van der Waals surface area (Å²) in [6.07, 6.45) is 2.18. The van der Waals surface area contributed by atoms with Gasteiger partial charge < -0.3 is 15.8 Å². The van der Waals surface area contributed by atoms with Crippen LogP contribution in [0.2, 0.25) is 0 Å². The van der Waals surface area contributed by atoms with E-state index in [4.69, 9.17) is 10.5 Å². The molecule has 2 aromatic rings. The maximum atomic E-state index is 12.0. The summed E-state index contributed by atoms with van der Waals surface area (Å²) >= 11 is 0. The number of rotatable bonds is 7. The topological polar surface area (TPSA) is 64.3 Å². The number of nitrogens with one attached hydrogen (secondary N) is 1. The largest absolute Gasteiger partial charge is 0.491 e. The van der Waals surface area contributed by atoms with E-state index in [2.05, 4.69) is 12.2 Å². The summed E-state index contributed by atoms with van der Waals surface area (Å²) in [5, 5.41) is 2.89. The fraction of sp³-hybridized carbons (Fsp3) is 0.316. The monoisotopic (exact) mass is 348 g/mol. The van der Waals surface area contributed by atoms with E-state index in [-0.39, 0.29) is 24.4 Å². The van der Waals surface area contributed by atoms with Gasteiger partial charge in [-0.3, -0.25) is 4.79 Å². The summed E-state index contributed by atoms with van der Waals surface area (Å²) in [4.78, 5) is 12.0. The van der Waals surface area contributed by atoms with E-state index in [9.17, 15) is 4.79 Å². The van der Waals surface area contributed by atoms with Crippen molar-refractivity contribution >= 4 is 29.7 Å². The molecule has 3 N–H and O–H groups in total. The second kappa shape index (κ2) is 9.83. The lowest BCUT2D eigenvalue weighted by molar-refractivity contribution is -0.116. The summed E-state index contributed by atoms with van der Waals surface area (Å²) < 4.78 is 5.72. The van der Waals surface area contributed by atoms with Gasteiger partial charge in [-0.15, -0.1) is 12.4 Å². The molecule has 2 aromatic carbocycles. The van der Waals surface area contributed by atoms with Gasteiger partial charge in [-0.1, -0.05) is 25.1 Å². The van der Waals surface area contributed by atoms with Crippen LogP contribution in [-0.4, -0.2) is 12.0 Å². The van der Waals surface area contributed by atoms with Crippen LogP contribution in [0.25, 0.3) is 0 Å². The van der Waals surface area contributed by atoms with Crippen LogP contribution < -0.4 is 15.8 Å². The number of halogens is 1. The van der Waals surface area contributed by atoms with Gasteiger partial charge in [0.2, 0.25) is 5.91 Å². The summed E-state index contributed by atoms with van der Waals surface area (Å²) in [6.45, 7) is 4.11. The van der Waals surface area contributed by atoms with Crippen LogP contribution in [-0.2, 0) is 11.2 Å². The van der Waals surface area contributed by atoms with Gasteiger partial charge >= 0.3 is 0 Å². The smallest absolute Gasteiger partial charge is 0.224 e. The Kier molecular flexibility index (Phi) is 8.13. The van der Waals surface area contributed by atoms with Crippen LogP contribution in [0.5, 0.6) is 5.75 Å². The number of hydrogen-bond acceptors (Lipinski definition) is 3. The summed E-state index contributed by atoms with van der Waals surface area (Å²) in [6, 6.07) is 15.1. The lowest BCUT2D eigenvalue weighted by Crippen LogP contribution is -2.13. The second-order valence-corrected chi connectivity index (χ2v) is 5.61. The lowest BCUT2D eigenvalue weighted by atomic mass is 10.1. The molecule has 0 aliphatic carbocycles. The Morgan fingerprint density at radius 2 is 1.83 bits per heavy atom. The van der Waals surface area contributed by atoms with Crippen LogP contribution in [0.3, 0.4) is 0 Å². The quantitative estimate of drug-likeness (QED) is 0.727. The first kappa shape index (κ1) is 19.8. The third-order valence-corrected chi connectivity index (χ3v) is 3.73. The molecule has 0 spiro atoms. The van der Waals surface area contributed by atoms with E-state index in [0.717, 1.165) is 29.1 Å². The zero-order chi connectivity index (χ0) is 16.7. The van der Waals surface area contributed by atoms with E-state index >= 15 is 0 Å². The number of para-hydroxylation sites is 1. The van der Waals surface area contributed by atoms with Gasteiger partial charge in [-0.05, 0) is 55.7 Å². The number of anilines is 2. The first-order valence-corrected chi connectivity index (χ1v) is 7.98. The van der Waals surface area contributed by atoms with Gasteiger partial charge in [-0.2, -0.15) is 0 Å². The summed E-state index contributed by atoms with van der Waals surface area (Å²) in [5.41, 5.74) is 8.38. The Balaban J connectivity index is 0.00000288. The van der Waals surface area contributed by atoms with E-state index < -0.39 is 0 Å². The Morgan fingerprint density at radius 3 is 2.46 bits per heavy atom. The van der Waals surface area contributed by atoms with Crippen LogP contribution in [0, 0.1) is 0 Å². The first-order valence-electron chi connectivity index (χ1n) is 7.98. The van der Waals surface area contributed by atoms with Crippen molar-refractivity contribution in [1.82, 2.24) is 0 Å². The number of hydrogen-bond donors (Lipinski definition) is 2. The van der Waals surface area contributed by atoms with E-state index in [1.807, 2.05) is 55.5 Å². The van der Waals surface area contributed by atoms with Gasteiger partial charge in [0.1, 0.15) is 5.75 Å². The molecular formula is C19H25ClN2O2. The van der Waals surface area contributed by atoms with Crippen molar-refractivity contribution in [1.29, 1.82) is 0 Å². The minimum atomic E-state index is -0.0242. The number of carbonyl (C=O) groups is 1. The van der Waals surface area contributed by atoms with Crippen molar-refractivity contribution in [3.05, 3.63) is 54.1 Å². The lowest BCUT2D eigenvalue weighted by Gasteiger charge is -2.13. The van der Waals surface area contributed by atoms with Gasteiger partial charge in [0.05, 0.1) is 6.10 Å². The maximum absolute atomic E-state index is 12.0. The first-order chi connectivity index (χ1) is 11.1. The zero-order valence-corrected chi connectivity index (χ0v) is 14.9. The fourth-order valence-electron chi connectivity index (χ4n) is 2.17. The molecule has 130 valence electrons. The van der Waals surface area contributed by atoms with E-state index in [1.165, 1.54) is 0 Å². The molecule has 0 aliphatic heterocycles. The molecule has 1 unspecified atom stereocenters.